The summed E-state index contributed by atoms with van der Waals surface area (Å²) in [6.45, 7) is 22.6. The van der Waals surface area contributed by atoms with Crippen molar-refractivity contribution in [1.29, 1.82) is 0 Å². The molecular formula is C76H63BN4. The van der Waals surface area contributed by atoms with Crippen LogP contribution in [0.5, 0.6) is 0 Å². The number of fused-ring (bicyclic) bond motifs is 12. The number of benzene rings is 11. The summed E-state index contributed by atoms with van der Waals surface area (Å²) in [7, 11) is 0. The first-order valence-corrected chi connectivity index (χ1v) is 28.7. The highest BCUT2D eigenvalue weighted by Gasteiger charge is 2.31. The van der Waals surface area contributed by atoms with Gasteiger partial charge in [0, 0.05) is 65.8 Å². The molecule has 0 fully saturated rings. The molecule has 0 aliphatic rings. The number of aromatic nitrogens is 4. The van der Waals surface area contributed by atoms with Crippen LogP contribution in [-0.2, 0) is 0 Å². The lowest BCUT2D eigenvalue weighted by Gasteiger charge is -2.26. The Balaban J connectivity index is 1.11. The largest absolute Gasteiger partial charge is 0.309 e. The highest BCUT2D eigenvalue weighted by atomic mass is 15.0. The molecule has 390 valence electrons. The van der Waals surface area contributed by atoms with Crippen LogP contribution in [0.3, 0.4) is 0 Å². The standard InChI is InChI=1S/C76H63BN4/c1-44-21-25-67-59(33-44)63-42-73-65(40-71(63)78(67)55-17-13-11-14-18-55)61-35-46(3)23-27-69(61)80(73)57-37-54(77(75-50(7)29-48(5)30-51(75)8)76-52(9)31-49(6)32-53(76)10)38-58(39-57)81-70-28-24-47(4)36-62(70)66-41-72-64(43-74(66)81)60-34-45(2)22-26-68(60)79(72)56-19-15-12-16-20-56/h11-43H,1-10H3. The molecular weight excluding hydrogens is 980 g/mol. The second-order valence-electron chi connectivity index (χ2n) is 23.7. The van der Waals surface area contributed by atoms with Crippen molar-refractivity contribution < 1.29 is 0 Å². The molecule has 4 heterocycles. The molecule has 0 unspecified atom stereocenters. The van der Waals surface area contributed by atoms with E-state index in [1.807, 2.05) is 0 Å². The molecule has 5 heteroatoms. The van der Waals surface area contributed by atoms with Crippen molar-refractivity contribution in [2.75, 3.05) is 0 Å². The van der Waals surface area contributed by atoms with Crippen LogP contribution >= 0.6 is 0 Å². The van der Waals surface area contributed by atoms with Crippen LogP contribution in [0.1, 0.15) is 55.6 Å². The molecule has 0 saturated heterocycles. The van der Waals surface area contributed by atoms with Crippen molar-refractivity contribution in [2.45, 2.75) is 69.2 Å². The SMILES string of the molecule is Cc1cc(C)c(B(c2cc(-n3c4ccc(C)cc4c4cc5c(cc43)c3cc(C)ccc3n5-c3ccccc3)cc(-n3c4ccc(C)cc4c4cc5c(cc43)c3cc(C)ccc3n5-c3ccccc3)c2)c2c(C)cc(C)cc2C)c(C)c1. The van der Waals surface area contributed by atoms with Crippen LogP contribution in [0, 0.1) is 69.2 Å². The topological polar surface area (TPSA) is 19.7 Å². The lowest BCUT2D eigenvalue weighted by molar-refractivity contribution is 1.14. The van der Waals surface area contributed by atoms with E-state index < -0.39 is 0 Å². The van der Waals surface area contributed by atoms with Gasteiger partial charge in [0.2, 0.25) is 6.71 Å². The Morgan fingerprint density at radius 3 is 0.790 bits per heavy atom. The fraction of sp³-hybridized carbons (Fsp3) is 0.132. The molecule has 0 spiro atoms. The van der Waals surface area contributed by atoms with Gasteiger partial charge in [0.05, 0.1) is 44.1 Å². The lowest BCUT2D eigenvalue weighted by Crippen LogP contribution is -2.56. The number of aryl methyl sites for hydroxylation is 10. The molecule has 0 aliphatic carbocycles. The second kappa shape index (κ2) is 18.1. The molecule has 15 aromatic rings. The Hall–Kier alpha value is -9.32. The normalized spacial score (nSPS) is 12.1. The summed E-state index contributed by atoms with van der Waals surface area (Å²) < 4.78 is 10.1. The Labute approximate surface area is 473 Å². The first kappa shape index (κ1) is 48.8. The predicted octanol–water partition coefficient (Wildman–Crippen LogP) is 17.7. The summed E-state index contributed by atoms with van der Waals surface area (Å²) in [6.07, 6.45) is 0. The van der Waals surface area contributed by atoms with Crippen molar-refractivity contribution in [2.24, 2.45) is 0 Å². The van der Waals surface area contributed by atoms with Crippen LogP contribution in [0.25, 0.3) is 110 Å². The van der Waals surface area contributed by atoms with Crippen molar-refractivity contribution in [1.82, 2.24) is 18.3 Å². The summed E-state index contributed by atoms with van der Waals surface area (Å²) in [4.78, 5) is 0. The Kier molecular flexibility index (Phi) is 10.9. The van der Waals surface area contributed by atoms with Gasteiger partial charge in [-0.15, -0.1) is 0 Å². The molecule has 0 aliphatic heterocycles. The molecule has 81 heavy (non-hydrogen) atoms. The maximum atomic E-state index is 2.59. The number of nitrogens with zero attached hydrogens (tertiary/aromatic N) is 4. The van der Waals surface area contributed by atoms with Gasteiger partial charge in [-0.05, 0) is 184 Å². The van der Waals surface area contributed by atoms with Gasteiger partial charge >= 0.3 is 0 Å². The molecule has 0 amide bonds. The van der Waals surface area contributed by atoms with Gasteiger partial charge < -0.3 is 18.3 Å². The summed E-state index contributed by atoms with van der Waals surface area (Å²) >= 11 is 0. The molecule has 11 aromatic carbocycles. The maximum Gasteiger partial charge on any atom is 0.242 e. The van der Waals surface area contributed by atoms with Gasteiger partial charge in [-0.25, -0.2) is 0 Å². The van der Waals surface area contributed by atoms with Crippen LogP contribution in [-0.4, -0.2) is 25.0 Å². The molecule has 0 atom stereocenters. The fourth-order valence-electron chi connectivity index (χ4n) is 14.6. The summed E-state index contributed by atoms with van der Waals surface area (Å²) in [6, 6.07) is 76.8. The maximum absolute atomic E-state index is 2.59. The van der Waals surface area contributed by atoms with Gasteiger partial charge in [-0.3, -0.25) is 0 Å². The monoisotopic (exact) mass is 1040 g/mol. The van der Waals surface area contributed by atoms with E-state index in [-0.39, 0.29) is 6.71 Å². The van der Waals surface area contributed by atoms with E-state index in [1.54, 1.807) is 0 Å². The van der Waals surface area contributed by atoms with Crippen LogP contribution in [0.4, 0.5) is 0 Å². The molecule has 0 saturated carbocycles. The van der Waals surface area contributed by atoms with Crippen LogP contribution in [0.2, 0.25) is 0 Å². The average Bonchev–Trinajstić information content (AvgIpc) is 3.39. The zero-order valence-electron chi connectivity index (χ0n) is 47.9. The zero-order valence-corrected chi connectivity index (χ0v) is 47.9. The molecule has 4 aromatic heterocycles. The van der Waals surface area contributed by atoms with Crippen LogP contribution in [0.15, 0.2) is 200 Å². The van der Waals surface area contributed by atoms with E-state index in [0.717, 1.165) is 22.7 Å². The van der Waals surface area contributed by atoms with E-state index in [9.17, 15) is 0 Å². The van der Waals surface area contributed by atoms with E-state index in [1.165, 1.54) is 159 Å². The van der Waals surface area contributed by atoms with Crippen molar-refractivity contribution >= 4 is 110 Å². The Bertz CT molecular complexity index is 4790. The van der Waals surface area contributed by atoms with Gasteiger partial charge in [-0.2, -0.15) is 0 Å². The number of hydrogen-bond donors (Lipinski definition) is 0. The fourth-order valence-corrected chi connectivity index (χ4v) is 14.6. The molecule has 0 N–H and O–H groups in total. The van der Waals surface area contributed by atoms with E-state index in [2.05, 4.69) is 288 Å². The Morgan fingerprint density at radius 1 is 0.222 bits per heavy atom. The minimum absolute atomic E-state index is 0.0763. The van der Waals surface area contributed by atoms with Gasteiger partial charge in [0.1, 0.15) is 0 Å². The van der Waals surface area contributed by atoms with Crippen LogP contribution < -0.4 is 16.4 Å². The van der Waals surface area contributed by atoms with Gasteiger partial charge in [0.25, 0.3) is 0 Å². The number of para-hydroxylation sites is 2. The van der Waals surface area contributed by atoms with E-state index in [0.29, 0.717) is 0 Å². The van der Waals surface area contributed by atoms with Crippen molar-refractivity contribution in [3.63, 3.8) is 0 Å². The Morgan fingerprint density at radius 2 is 0.494 bits per heavy atom. The quantitative estimate of drug-likeness (QED) is 0.142. The highest BCUT2D eigenvalue weighted by Crippen LogP contribution is 2.43. The number of hydrogen-bond acceptors (Lipinski definition) is 0. The lowest BCUT2D eigenvalue weighted by atomic mass is 9.34. The second-order valence-corrected chi connectivity index (χ2v) is 23.7. The number of rotatable bonds is 7. The molecule has 15 rings (SSSR count). The minimum Gasteiger partial charge on any atom is -0.309 e. The summed E-state index contributed by atoms with van der Waals surface area (Å²) in [5.74, 6) is 0. The van der Waals surface area contributed by atoms with E-state index in [4.69, 9.17) is 0 Å². The molecule has 0 radical (unpaired) electrons. The van der Waals surface area contributed by atoms with Crippen molar-refractivity contribution in [3.05, 3.63) is 256 Å². The van der Waals surface area contributed by atoms with Gasteiger partial charge in [0.15, 0.2) is 0 Å². The predicted molar refractivity (Wildman–Crippen MR) is 349 cm³/mol. The highest BCUT2D eigenvalue weighted by molar-refractivity contribution is 6.96. The summed E-state index contributed by atoms with van der Waals surface area (Å²) in [5.41, 5.74) is 30.9. The summed E-state index contributed by atoms with van der Waals surface area (Å²) in [5, 5.41) is 9.94. The molecule has 4 nitrogen and oxygen atoms in total. The first-order chi connectivity index (χ1) is 39.3. The minimum atomic E-state index is -0.0763. The van der Waals surface area contributed by atoms with E-state index >= 15 is 0 Å². The zero-order chi connectivity index (χ0) is 55.3. The van der Waals surface area contributed by atoms with Crippen molar-refractivity contribution in [3.8, 4) is 22.7 Å². The molecule has 0 bridgehead atoms. The third kappa shape index (κ3) is 7.51. The smallest absolute Gasteiger partial charge is 0.242 e. The van der Waals surface area contributed by atoms with Gasteiger partial charge in [-0.1, -0.05) is 157 Å². The third-order valence-corrected chi connectivity index (χ3v) is 17.8. The first-order valence-electron chi connectivity index (χ1n) is 28.7. The average molecular weight is 1040 g/mol. The third-order valence-electron chi connectivity index (χ3n) is 17.8.